The molecular formula is C26H35F. The van der Waals surface area contributed by atoms with Crippen LogP contribution < -0.4 is 0 Å². The molecule has 0 spiro atoms. The number of unbranched alkanes of at least 4 members (excludes halogenated alkanes) is 1. The van der Waals surface area contributed by atoms with Gasteiger partial charge in [-0.3, -0.25) is 0 Å². The van der Waals surface area contributed by atoms with Gasteiger partial charge in [-0.25, -0.2) is 4.39 Å². The Balaban J connectivity index is 1.54. The van der Waals surface area contributed by atoms with Crippen molar-refractivity contribution < 1.29 is 4.39 Å². The van der Waals surface area contributed by atoms with Crippen molar-refractivity contribution >= 4 is 0 Å². The smallest absolute Gasteiger partial charge is 0.127 e. The number of halogens is 1. The highest BCUT2D eigenvalue weighted by Gasteiger charge is 2.27. The van der Waals surface area contributed by atoms with Crippen LogP contribution in [0, 0.1) is 35.4 Å². The number of hydrogen-bond donors (Lipinski definition) is 0. The summed E-state index contributed by atoms with van der Waals surface area (Å²) in [7, 11) is 0. The van der Waals surface area contributed by atoms with E-state index in [0.29, 0.717) is 0 Å². The first kappa shape index (κ1) is 20.2. The van der Waals surface area contributed by atoms with Gasteiger partial charge in [0.15, 0.2) is 0 Å². The lowest BCUT2D eigenvalue weighted by Gasteiger charge is -2.34. The first-order valence-electron chi connectivity index (χ1n) is 11.2. The fraction of sp³-hybridized carbons (Fsp3) is 0.615. The van der Waals surface area contributed by atoms with Gasteiger partial charge in [-0.1, -0.05) is 63.5 Å². The third kappa shape index (κ3) is 5.71. The van der Waals surface area contributed by atoms with E-state index in [-0.39, 0.29) is 5.82 Å². The molecule has 146 valence electrons. The fourth-order valence-electron chi connectivity index (χ4n) is 4.81. The van der Waals surface area contributed by atoms with Gasteiger partial charge < -0.3 is 0 Å². The zero-order chi connectivity index (χ0) is 19.1. The summed E-state index contributed by atoms with van der Waals surface area (Å²) >= 11 is 0. The van der Waals surface area contributed by atoms with Crippen molar-refractivity contribution in [3.63, 3.8) is 0 Å². The van der Waals surface area contributed by atoms with E-state index in [1.165, 1.54) is 50.5 Å². The van der Waals surface area contributed by atoms with Crippen molar-refractivity contribution in [2.24, 2.45) is 17.8 Å². The first-order chi connectivity index (χ1) is 13.2. The van der Waals surface area contributed by atoms with Crippen LogP contribution in [-0.2, 0) is 6.42 Å². The van der Waals surface area contributed by atoms with Gasteiger partial charge in [0.2, 0.25) is 0 Å². The maximum atomic E-state index is 14.2. The van der Waals surface area contributed by atoms with Crippen molar-refractivity contribution in [2.75, 3.05) is 0 Å². The molecular weight excluding hydrogens is 331 g/mol. The second kappa shape index (κ2) is 10.1. The summed E-state index contributed by atoms with van der Waals surface area (Å²) in [6, 6.07) is 5.49. The number of aryl methyl sites for hydroxylation is 1. The molecule has 0 N–H and O–H groups in total. The summed E-state index contributed by atoms with van der Waals surface area (Å²) in [5.41, 5.74) is 2.87. The van der Waals surface area contributed by atoms with Crippen LogP contribution in [0.2, 0.25) is 0 Å². The van der Waals surface area contributed by atoms with Crippen molar-refractivity contribution in [3.05, 3.63) is 46.8 Å². The summed E-state index contributed by atoms with van der Waals surface area (Å²) in [5, 5.41) is 0. The maximum Gasteiger partial charge on any atom is 0.127 e. The molecule has 1 atom stereocenters. The molecule has 0 radical (unpaired) electrons. The maximum absolute atomic E-state index is 14.2. The molecule has 0 aliphatic heterocycles. The average molecular weight is 367 g/mol. The molecule has 1 aromatic carbocycles. The Bertz CT molecular complexity index is 695. The lowest BCUT2D eigenvalue weighted by Crippen LogP contribution is -2.23. The predicted octanol–water partition coefficient (Wildman–Crippen LogP) is 7.46. The topological polar surface area (TPSA) is 0 Å². The van der Waals surface area contributed by atoms with Crippen molar-refractivity contribution in [1.29, 1.82) is 0 Å². The van der Waals surface area contributed by atoms with Crippen LogP contribution in [0.4, 0.5) is 4.39 Å². The molecule has 1 saturated carbocycles. The van der Waals surface area contributed by atoms with Crippen LogP contribution in [0.1, 0.15) is 89.2 Å². The van der Waals surface area contributed by atoms with Crippen LogP contribution >= 0.6 is 0 Å². The van der Waals surface area contributed by atoms with Gasteiger partial charge in [-0.2, -0.15) is 0 Å². The standard InChI is InChI=1S/C26H35F/c1-3-5-6-25-18-13-22(19-26(25)27)8-7-21-11-16-24(17-12-21)23-14-9-20(4-2)10-15-23/h11,13,18-20,23-24H,3-6,9-10,12,14-17H2,1-2H3. The Hall–Kier alpha value is -1.55. The summed E-state index contributed by atoms with van der Waals surface area (Å²) < 4.78 is 14.2. The molecule has 0 bridgehead atoms. The highest BCUT2D eigenvalue weighted by molar-refractivity contribution is 5.42. The molecule has 2 aliphatic rings. The summed E-state index contributed by atoms with van der Waals surface area (Å²) in [5.74, 6) is 9.18. The van der Waals surface area contributed by atoms with E-state index in [2.05, 4.69) is 31.8 Å². The zero-order valence-corrected chi connectivity index (χ0v) is 17.2. The Kier molecular flexibility index (Phi) is 7.57. The lowest BCUT2D eigenvalue weighted by molar-refractivity contribution is 0.190. The molecule has 0 amide bonds. The Morgan fingerprint density at radius 3 is 2.44 bits per heavy atom. The zero-order valence-electron chi connectivity index (χ0n) is 17.2. The largest absolute Gasteiger partial charge is 0.207 e. The molecule has 3 rings (SSSR count). The first-order valence-corrected chi connectivity index (χ1v) is 11.2. The minimum Gasteiger partial charge on any atom is -0.207 e. The SMILES string of the molecule is CCCCc1ccc(C#CC2=CCC(C3CCC(CC)CC3)CC2)cc1F. The monoisotopic (exact) mass is 366 g/mol. The highest BCUT2D eigenvalue weighted by atomic mass is 19.1. The van der Waals surface area contributed by atoms with Gasteiger partial charge in [-0.15, -0.1) is 0 Å². The van der Waals surface area contributed by atoms with Crippen LogP contribution in [0.25, 0.3) is 0 Å². The Morgan fingerprint density at radius 2 is 1.81 bits per heavy atom. The number of rotatable bonds is 5. The predicted molar refractivity (Wildman–Crippen MR) is 113 cm³/mol. The minimum atomic E-state index is -0.101. The molecule has 1 heteroatoms. The Labute approximate surface area is 165 Å². The van der Waals surface area contributed by atoms with Gasteiger partial charge in [0.25, 0.3) is 0 Å². The molecule has 1 aromatic rings. The second-order valence-electron chi connectivity index (χ2n) is 8.61. The quantitative estimate of drug-likeness (QED) is 0.474. The van der Waals surface area contributed by atoms with E-state index in [0.717, 1.165) is 54.6 Å². The van der Waals surface area contributed by atoms with Gasteiger partial charge in [-0.05, 0) is 86.0 Å². The fourth-order valence-corrected chi connectivity index (χ4v) is 4.81. The minimum absolute atomic E-state index is 0.101. The summed E-state index contributed by atoms with van der Waals surface area (Å²) in [6.45, 7) is 4.47. The second-order valence-corrected chi connectivity index (χ2v) is 8.61. The van der Waals surface area contributed by atoms with Crippen molar-refractivity contribution in [1.82, 2.24) is 0 Å². The van der Waals surface area contributed by atoms with Crippen molar-refractivity contribution in [2.45, 2.75) is 84.5 Å². The van der Waals surface area contributed by atoms with Crippen molar-refractivity contribution in [3.8, 4) is 11.8 Å². The van der Waals surface area contributed by atoms with E-state index < -0.39 is 0 Å². The molecule has 27 heavy (non-hydrogen) atoms. The number of allylic oxidation sites excluding steroid dienone is 2. The van der Waals surface area contributed by atoms with E-state index in [1.54, 1.807) is 6.07 Å². The van der Waals surface area contributed by atoms with Gasteiger partial charge in [0, 0.05) is 5.56 Å². The molecule has 0 heterocycles. The van der Waals surface area contributed by atoms with Crippen LogP contribution in [0.5, 0.6) is 0 Å². The third-order valence-corrected chi connectivity index (χ3v) is 6.81. The average Bonchev–Trinajstić information content (AvgIpc) is 2.72. The normalized spacial score (nSPS) is 25.4. The summed E-state index contributed by atoms with van der Waals surface area (Å²) in [4.78, 5) is 0. The van der Waals surface area contributed by atoms with E-state index >= 15 is 0 Å². The molecule has 0 aromatic heterocycles. The molecule has 0 nitrogen and oxygen atoms in total. The van der Waals surface area contributed by atoms with Gasteiger partial charge in [0.05, 0.1) is 0 Å². The number of hydrogen-bond acceptors (Lipinski definition) is 0. The lowest BCUT2D eigenvalue weighted by atomic mass is 9.71. The molecule has 0 saturated heterocycles. The summed E-state index contributed by atoms with van der Waals surface area (Å²) in [6.07, 6.45) is 16.0. The van der Waals surface area contributed by atoms with Gasteiger partial charge >= 0.3 is 0 Å². The molecule has 1 fully saturated rings. The van der Waals surface area contributed by atoms with E-state index in [1.807, 2.05) is 12.1 Å². The third-order valence-electron chi connectivity index (χ3n) is 6.81. The molecule has 2 aliphatic carbocycles. The van der Waals surface area contributed by atoms with Crippen LogP contribution in [-0.4, -0.2) is 0 Å². The van der Waals surface area contributed by atoms with Crippen LogP contribution in [0.3, 0.4) is 0 Å². The van der Waals surface area contributed by atoms with E-state index in [4.69, 9.17) is 0 Å². The molecule has 1 unspecified atom stereocenters. The highest BCUT2D eigenvalue weighted by Crippen LogP contribution is 2.40. The van der Waals surface area contributed by atoms with Gasteiger partial charge in [0.1, 0.15) is 5.82 Å². The number of benzene rings is 1. The Morgan fingerprint density at radius 1 is 1.00 bits per heavy atom. The van der Waals surface area contributed by atoms with Crippen LogP contribution in [0.15, 0.2) is 29.8 Å². The van der Waals surface area contributed by atoms with E-state index in [9.17, 15) is 4.39 Å².